The summed E-state index contributed by atoms with van der Waals surface area (Å²) in [6, 6.07) is 7.63. The molecule has 0 aliphatic carbocycles. The first kappa shape index (κ1) is 10.6. The Morgan fingerprint density at radius 3 is 2.36 bits per heavy atom. The van der Waals surface area contributed by atoms with Crippen molar-refractivity contribution in [3.63, 3.8) is 0 Å². The van der Waals surface area contributed by atoms with Gasteiger partial charge in [-0.25, -0.2) is 8.42 Å². The van der Waals surface area contributed by atoms with Gasteiger partial charge in [0.15, 0.2) is 9.84 Å². The van der Waals surface area contributed by atoms with Gasteiger partial charge in [-0.2, -0.15) is 0 Å². The molecule has 1 rings (SSSR count). The van der Waals surface area contributed by atoms with Gasteiger partial charge in [-0.05, 0) is 12.1 Å². The summed E-state index contributed by atoms with van der Waals surface area (Å²) in [6.45, 7) is 0.530. The van der Waals surface area contributed by atoms with E-state index in [0.717, 1.165) is 0 Å². The lowest BCUT2D eigenvalue weighted by atomic mass is 10.4. The second-order valence-corrected chi connectivity index (χ2v) is 4.60. The van der Waals surface area contributed by atoms with Crippen molar-refractivity contribution in [2.24, 2.45) is 0 Å². The molecule has 5 nitrogen and oxygen atoms in total. The van der Waals surface area contributed by atoms with Crippen LogP contribution in [0.5, 0.6) is 0 Å². The van der Waals surface area contributed by atoms with E-state index in [1.54, 1.807) is 18.2 Å². The Bertz CT molecular complexity index is 412. The summed E-state index contributed by atoms with van der Waals surface area (Å²) in [5.41, 5.74) is 0. The van der Waals surface area contributed by atoms with Crippen molar-refractivity contribution in [3.8, 4) is 0 Å². The Hall–Kier alpha value is -1.43. The highest BCUT2D eigenvalue weighted by molar-refractivity contribution is 7.91. The molecule has 0 unspecified atom stereocenters. The predicted molar refractivity (Wildman–Crippen MR) is 49.8 cm³/mol. The number of nitro groups is 1. The van der Waals surface area contributed by atoms with E-state index >= 15 is 0 Å². The Balaban J connectivity index is 2.82. The number of hydrogen-bond acceptors (Lipinski definition) is 4. The van der Waals surface area contributed by atoms with E-state index in [1.165, 1.54) is 12.1 Å². The lowest BCUT2D eigenvalue weighted by Gasteiger charge is -1.99. The highest BCUT2D eigenvalue weighted by Crippen LogP contribution is 2.10. The molecule has 0 bridgehead atoms. The molecular weight excluding hydrogens is 206 g/mol. The van der Waals surface area contributed by atoms with Crippen LogP contribution in [0.15, 0.2) is 35.2 Å². The molecule has 14 heavy (non-hydrogen) atoms. The number of rotatable bonds is 4. The molecule has 1 radical (unpaired) electrons. The number of sulfone groups is 1. The van der Waals surface area contributed by atoms with Crippen LogP contribution in [0.2, 0.25) is 0 Å². The molecule has 0 heterocycles. The molecule has 0 saturated carbocycles. The van der Waals surface area contributed by atoms with Gasteiger partial charge in [0.2, 0.25) is 0 Å². The molecule has 0 aliphatic heterocycles. The molecule has 0 N–H and O–H groups in total. The van der Waals surface area contributed by atoms with Gasteiger partial charge in [-0.1, -0.05) is 18.2 Å². The van der Waals surface area contributed by atoms with Crippen LogP contribution in [0, 0.1) is 16.7 Å². The third-order valence-electron chi connectivity index (χ3n) is 1.55. The first-order valence-electron chi connectivity index (χ1n) is 3.77. The maximum atomic E-state index is 11.4. The highest BCUT2D eigenvalue weighted by atomic mass is 32.2. The summed E-state index contributed by atoms with van der Waals surface area (Å²) >= 11 is 0. The third kappa shape index (κ3) is 2.81. The highest BCUT2D eigenvalue weighted by Gasteiger charge is 2.17. The van der Waals surface area contributed by atoms with E-state index in [-0.39, 0.29) is 4.90 Å². The van der Waals surface area contributed by atoms with E-state index in [9.17, 15) is 18.5 Å². The molecule has 75 valence electrons. The summed E-state index contributed by atoms with van der Waals surface area (Å²) < 4.78 is 22.8. The smallest absolute Gasteiger partial charge is 0.264 e. The molecule has 0 fully saturated rings. The van der Waals surface area contributed by atoms with Crippen LogP contribution < -0.4 is 0 Å². The van der Waals surface area contributed by atoms with Gasteiger partial charge < -0.3 is 0 Å². The van der Waals surface area contributed by atoms with Crippen LogP contribution in [0.4, 0.5) is 0 Å². The minimum Gasteiger partial charge on any atom is -0.264 e. The van der Waals surface area contributed by atoms with E-state index in [1.807, 2.05) is 0 Å². The van der Waals surface area contributed by atoms with Crippen molar-refractivity contribution in [1.82, 2.24) is 0 Å². The average molecular weight is 214 g/mol. The summed E-state index contributed by atoms with van der Waals surface area (Å²) in [5.74, 6) is -0.579. The first-order chi connectivity index (χ1) is 6.52. The van der Waals surface area contributed by atoms with Gasteiger partial charge >= 0.3 is 0 Å². The van der Waals surface area contributed by atoms with Gasteiger partial charge in [0.05, 0.1) is 4.90 Å². The number of nitrogens with zero attached hydrogens (tertiary/aromatic N) is 1. The van der Waals surface area contributed by atoms with Crippen molar-refractivity contribution >= 4 is 9.84 Å². The number of benzene rings is 1. The van der Waals surface area contributed by atoms with Crippen molar-refractivity contribution in [3.05, 3.63) is 47.0 Å². The van der Waals surface area contributed by atoms with Crippen LogP contribution in [-0.4, -0.2) is 19.1 Å². The topological polar surface area (TPSA) is 77.3 Å². The van der Waals surface area contributed by atoms with Gasteiger partial charge in [-0.3, -0.25) is 10.1 Å². The Kier molecular flexibility index (Phi) is 3.19. The third-order valence-corrected chi connectivity index (χ3v) is 3.12. The van der Waals surface area contributed by atoms with Gasteiger partial charge in [0, 0.05) is 4.92 Å². The summed E-state index contributed by atoms with van der Waals surface area (Å²) in [7, 11) is -3.55. The van der Waals surface area contributed by atoms with E-state index in [2.05, 4.69) is 0 Å². The molecule has 0 saturated heterocycles. The average Bonchev–Trinajstić information content (AvgIpc) is 2.16. The van der Waals surface area contributed by atoms with Crippen LogP contribution in [0.3, 0.4) is 0 Å². The molecule has 0 aliphatic rings. The lowest BCUT2D eigenvalue weighted by Crippen LogP contribution is -2.11. The minimum absolute atomic E-state index is 0.0955. The quantitative estimate of drug-likeness (QED) is 0.551. The zero-order valence-electron chi connectivity index (χ0n) is 7.16. The summed E-state index contributed by atoms with van der Waals surface area (Å²) in [5, 5.41) is 9.96. The normalized spacial score (nSPS) is 11.1. The van der Waals surface area contributed by atoms with E-state index in [0.29, 0.717) is 6.54 Å². The maximum Gasteiger partial charge on any atom is 0.294 e. The number of hydrogen-bond donors (Lipinski definition) is 0. The van der Waals surface area contributed by atoms with Crippen molar-refractivity contribution in [2.75, 3.05) is 5.75 Å². The summed E-state index contributed by atoms with van der Waals surface area (Å²) in [6.07, 6.45) is 0. The Labute approximate surface area is 81.4 Å². The molecule has 0 amide bonds. The second kappa shape index (κ2) is 4.19. The fourth-order valence-corrected chi connectivity index (χ4v) is 1.97. The van der Waals surface area contributed by atoms with Crippen molar-refractivity contribution < 1.29 is 13.3 Å². The largest absolute Gasteiger partial charge is 0.294 e. The minimum atomic E-state index is -3.55. The fraction of sp³-hybridized carbons (Fsp3) is 0.125. The SMILES string of the molecule is O=[N+]([O-])[CH]CS(=O)(=O)c1ccccc1. The molecule has 0 atom stereocenters. The second-order valence-electron chi connectivity index (χ2n) is 2.56. The predicted octanol–water partition coefficient (Wildman–Crippen LogP) is 0.899. The molecule has 1 aromatic rings. The maximum absolute atomic E-state index is 11.4. The van der Waals surface area contributed by atoms with Crippen LogP contribution >= 0.6 is 0 Å². The van der Waals surface area contributed by atoms with Crippen LogP contribution in [0.1, 0.15) is 0 Å². The monoisotopic (exact) mass is 214 g/mol. The fourth-order valence-electron chi connectivity index (χ4n) is 0.883. The Morgan fingerprint density at radius 1 is 1.29 bits per heavy atom. The zero-order chi connectivity index (χ0) is 10.6. The molecule has 0 aromatic heterocycles. The van der Waals surface area contributed by atoms with Gasteiger partial charge in [-0.15, -0.1) is 0 Å². The lowest BCUT2D eigenvalue weighted by molar-refractivity contribution is -0.433. The Morgan fingerprint density at radius 2 is 1.86 bits per heavy atom. The van der Waals surface area contributed by atoms with Crippen LogP contribution in [-0.2, 0) is 9.84 Å². The van der Waals surface area contributed by atoms with Crippen molar-refractivity contribution in [2.45, 2.75) is 4.90 Å². The molecule has 1 aromatic carbocycles. The molecule has 0 spiro atoms. The van der Waals surface area contributed by atoms with Gasteiger partial charge in [0.1, 0.15) is 5.75 Å². The van der Waals surface area contributed by atoms with Gasteiger partial charge in [0.25, 0.3) is 6.54 Å². The summed E-state index contributed by atoms with van der Waals surface area (Å²) in [4.78, 5) is 9.29. The molecular formula is C8H8NO4S. The zero-order valence-corrected chi connectivity index (χ0v) is 7.98. The van der Waals surface area contributed by atoms with E-state index in [4.69, 9.17) is 0 Å². The van der Waals surface area contributed by atoms with Crippen molar-refractivity contribution in [1.29, 1.82) is 0 Å². The van der Waals surface area contributed by atoms with E-state index < -0.39 is 20.5 Å². The standard InChI is InChI=1S/C8H8NO4S/c10-9(11)6-7-14(12,13)8-4-2-1-3-5-8/h1-6H,7H2. The first-order valence-corrected chi connectivity index (χ1v) is 5.42. The molecule has 6 heteroatoms. The van der Waals surface area contributed by atoms with Crippen LogP contribution in [0.25, 0.3) is 0 Å².